The highest BCUT2D eigenvalue weighted by molar-refractivity contribution is 6.31. The first kappa shape index (κ1) is 11.9. The molecule has 1 heterocycles. The van der Waals surface area contributed by atoms with Gasteiger partial charge in [0, 0.05) is 18.3 Å². The maximum atomic E-state index is 6.00. The van der Waals surface area contributed by atoms with E-state index in [1.807, 2.05) is 31.3 Å². The summed E-state index contributed by atoms with van der Waals surface area (Å²) >= 11 is 6.00. The molecule has 0 aliphatic heterocycles. The van der Waals surface area contributed by atoms with Crippen LogP contribution in [0.5, 0.6) is 11.6 Å². The fourth-order valence-electron chi connectivity index (χ4n) is 1.49. The number of nitrogens with zero attached hydrogens (tertiary/aromatic N) is 1. The van der Waals surface area contributed by atoms with Crippen molar-refractivity contribution in [2.75, 3.05) is 7.05 Å². The van der Waals surface area contributed by atoms with Crippen LogP contribution in [0, 0.1) is 0 Å². The van der Waals surface area contributed by atoms with Gasteiger partial charge in [-0.1, -0.05) is 29.8 Å². The summed E-state index contributed by atoms with van der Waals surface area (Å²) < 4.78 is 5.71. The first-order valence-corrected chi connectivity index (χ1v) is 5.70. The van der Waals surface area contributed by atoms with Crippen molar-refractivity contribution in [1.82, 2.24) is 10.3 Å². The lowest BCUT2D eigenvalue weighted by molar-refractivity contribution is 0.456. The van der Waals surface area contributed by atoms with E-state index in [4.69, 9.17) is 16.3 Å². The molecule has 0 aliphatic carbocycles. The van der Waals surface area contributed by atoms with Crippen LogP contribution < -0.4 is 10.1 Å². The molecule has 0 unspecified atom stereocenters. The van der Waals surface area contributed by atoms with Crippen molar-refractivity contribution in [3.05, 3.63) is 53.2 Å². The van der Waals surface area contributed by atoms with Crippen LogP contribution in [0.25, 0.3) is 0 Å². The number of para-hydroxylation sites is 1. The summed E-state index contributed by atoms with van der Waals surface area (Å²) in [7, 11) is 1.89. The van der Waals surface area contributed by atoms with E-state index in [-0.39, 0.29) is 0 Å². The number of ether oxygens (including phenoxy) is 1. The van der Waals surface area contributed by atoms with Crippen molar-refractivity contribution < 1.29 is 4.74 Å². The smallest absolute Gasteiger partial charge is 0.238 e. The Bertz CT molecular complexity index is 502. The number of nitrogens with one attached hydrogen (secondary N) is 1. The molecule has 0 bridgehead atoms. The van der Waals surface area contributed by atoms with Gasteiger partial charge in [-0.3, -0.25) is 0 Å². The number of aromatic nitrogens is 1. The Kier molecular flexibility index (Phi) is 3.96. The highest BCUT2D eigenvalue weighted by Gasteiger charge is 2.07. The molecule has 0 aliphatic rings. The van der Waals surface area contributed by atoms with E-state index in [0.717, 1.165) is 17.9 Å². The van der Waals surface area contributed by atoms with Crippen molar-refractivity contribution in [3.8, 4) is 11.6 Å². The van der Waals surface area contributed by atoms with Gasteiger partial charge in [0.1, 0.15) is 10.8 Å². The van der Waals surface area contributed by atoms with Crippen molar-refractivity contribution in [2.24, 2.45) is 0 Å². The number of pyridine rings is 1. The highest BCUT2D eigenvalue weighted by atomic mass is 35.5. The van der Waals surface area contributed by atoms with Gasteiger partial charge in [0.05, 0.1) is 0 Å². The predicted molar refractivity (Wildman–Crippen MR) is 68.5 cm³/mol. The third-order valence-corrected chi connectivity index (χ3v) is 2.56. The SMILES string of the molecule is CNCc1ccccc1Oc1ncccc1Cl. The molecule has 88 valence electrons. The molecular weight excluding hydrogens is 236 g/mol. The molecule has 0 radical (unpaired) electrons. The van der Waals surface area contributed by atoms with E-state index in [1.165, 1.54) is 0 Å². The molecule has 0 saturated heterocycles. The van der Waals surface area contributed by atoms with Gasteiger partial charge in [-0.25, -0.2) is 4.98 Å². The maximum absolute atomic E-state index is 6.00. The van der Waals surface area contributed by atoms with Crippen LogP contribution in [0.4, 0.5) is 0 Å². The van der Waals surface area contributed by atoms with E-state index in [0.29, 0.717) is 10.9 Å². The first-order valence-electron chi connectivity index (χ1n) is 5.32. The van der Waals surface area contributed by atoms with Gasteiger partial charge >= 0.3 is 0 Å². The minimum absolute atomic E-state index is 0.428. The Morgan fingerprint density at radius 1 is 1.24 bits per heavy atom. The second-order valence-electron chi connectivity index (χ2n) is 3.53. The molecule has 0 amide bonds. The minimum Gasteiger partial charge on any atom is -0.437 e. The summed E-state index contributed by atoms with van der Waals surface area (Å²) in [5, 5.41) is 3.60. The van der Waals surface area contributed by atoms with Crippen LogP contribution in [0.1, 0.15) is 5.56 Å². The largest absolute Gasteiger partial charge is 0.437 e. The molecule has 1 N–H and O–H groups in total. The fourth-order valence-corrected chi connectivity index (χ4v) is 1.65. The first-order chi connectivity index (χ1) is 8.31. The van der Waals surface area contributed by atoms with E-state index in [2.05, 4.69) is 10.3 Å². The standard InChI is InChI=1S/C13H13ClN2O/c1-15-9-10-5-2-3-7-12(10)17-13-11(14)6-4-8-16-13/h2-8,15H,9H2,1H3. The van der Waals surface area contributed by atoms with Crippen LogP contribution in [0.2, 0.25) is 5.02 Å². The van der Waals surface area contributed by atoms with E-state index in [1.54, 1.807) is 18.3 Å². The molecule has 1 aromatic carbocycles. The van der Waals surface area contributed by atoms with Crippen molar-refractivity contribution in [2.45, 2.75) is 6.54 Å². The molecular formula is C13H13ClN2O. The summed E-state index contributed by atoms with van der Waals surface area (Å²) in [6.45, 7) is 0.737. The lowest BCUT2D eigenvalue weighted by atomic mass is 10.2. The molecule has 4 heteroatoms. The summed E-state index contributed by atoms with van der Waals surface area (Å²) in [4.78, 5) is 4.10. The number of rotatable bonds is 4. The highest BCUT2D eigenvalue weighted by Crippen LogP contribution is 2.28. The second-order valence-corrected chi connectivity index (χ2v) is 3.94. The maximum Gasteiger partial charge on any atom is 0.238 e. The number of hydrogen-bond acceptors (Lipinski definition) is 3. The molecule has 17 heavy (non-hydrogen) atoms. The van der Waals surface area contributed by atoms with Gasteiger partial charge in [-0.2, -0.15) is 0 Å². The van der Waals surface area contributed by atoms with Crippen LogP contribution >= 0.6 is 11.6 Å². The van der Waals surface area contributed by atoms with Gasteiger partial charge in [0.15, 0.2) is 0 Å². The van der Waals surface area contributed by atoms with Crippen LogP contribution in [-0.4, -0.2) is 12.0 Å². The van der Waals surface area contributed by atoms with E-state index < -0.39 is 0 Å². The molecule has 0 fully saturated rings. The Morgan fingerprint density at radius 2 is 2.06 bits per heavy atom. The van der Waals surface area contributed by atoms with E-state index >= 15 is 0 Å². The predicted octanol–water partition coefficient (Wildman–Crippen LogP) is 3.25. The van der Waals surface area contributed by atoms with E-state index in [9.17, 15) is 0 Å². The van der Waals surface area contributed by atoms with Gasteiger partial charge in [0.2, 0.25) is 5.88 Å². The third kappa shape index (κ3) is 2.96. The normalized spacial score (nSPS) is 10.2. The number of halogens is 1. The Hall–Kier alpha value is -1.58. The molecule has 0 atom stereocenters. The zero-order valence-electron chi connectivity index (χ0n) is 9.48. The molecule has 0 saturated carbocycles. The zero-order chi connectivity index (χ0) is 12.1. The summed E-state index contributed by atoms with van der Waals surface area (Å²) in [5.41, 5.74) is 1.07. The number of hydrogen-bond donors (Lipinski definition) is 1. The van der Waals surface area contributed by atoms with Gasteiger partial charge in [0.25, 0.3) is 0 Å². The van der Waals surface area contributed by atoms with Crippen LogP contribution in [0.3, 0.4) is 0 Å². The van der Waals surface area contributed by atoms with Crippen LogP contribution in [-0.2, 0) is 6.54 Å². The van der Waals surface area contributed by atoms with Gasteiger partial charge < -0.3 is 10.1 Å². The fraction of sp³-hybridized carbons (Fsp3) is 0.154. The summed E-state index contributed by atoms with van der Waals surface area (Å²) in [6, 6.07) is 11.3. The lowest BCUT2D eigenvalue weighted by Crippen LogP contribution is -2.06. The Morgan fingerprint density at radius 3 is 2.82 bits per heavy atom. The number of benzene rings is 1. The Balaban J connectivity index is 2.27. The van der Waals surface area contributed by atoms with Crippen molar-refractivity contribution in [3.63, 3.8) is 0 Å². The third-order valence-electron chi connectivity index (χ3n) is 2.27. The minimum atomic E-state index is 0.428. The zero-order valence-corrected chi connectivity index (χ0v) is 10.2. The summed E-state index contributed by atoms with van der Waals surface area (Å²) in [5.74, 6) is 1.19. The topological polar surface area (TPSA) is 34.1 Å². The van der Waals surface area contributed by atoms with Gasteiger partial charge in [-0.15, -0.1) is 0 Å². The second kappa shape index (κ2) is 5.66. The molecule has 1 aromatic heterocycles. The monoisotopic (exact) mass is 248 g/mol. The molecule has 0 spiro atoms. The van der Waals surface area contributed by atoms with Crippen molar-refractivity contribution in [1.29, 1.82) is 0 Å². The molecule has 2 aromatic rings. The average molecular weight is 249 g/mol. The van der Waals surface area contributed by atoms with Crippen molar-refractivity contribution >= 4 is 11.6 Å². The molecule has 3 nitrogen and oxygen atoms in total. The quantitative estimate of drug-likeness (QED) is 0.902. The van der Waals surface area contributed by atoms with Crippen LogP contribution in [0.15, 0.2) is 42.6 Å². The Labute approximate surface area is 105 Å². The average Bonchev–Trinajstić information content (AvgIpc) is 2.35. The lowest BCUT2D eigenvalue weighted by Gasteiger charge is -2.10. The summed E-state index contributed by atoms with van der Waals surface area (Å²) in [6.07, 6.45) is 1.65. The molecule has 2 rings (SSSR count). The van der Waals surface area contributed by atoms with Gasteiger partial charge in [-0.05, 0) is 25.2 Å².